The maximum Gasteiger partial charge on any atom is 0.416 e. The number of fused-ring (bicyclic) bond motifs is 3. The predicted octanol–water partition coefficient (Wildman–Crippen LogP) is 9.95. The van der Waals surface area contributed by atoms with E-state index in [4.69, 9.17) is 0 Å². The minimum absolute atomic E-state index is 0.153. The molecule has 3 aliphatic heterocycles. The zero-order valence-corrected chi connectivity index (χ0v) is 29.0. The molecule has 0 fully saturated rings. The maximum absolute atomic E-state index is 12.8. The lowest BCUT2D eigenvalue weighted by Gasteiger charge is -2.42. The van der Waals surface area contributed by atoms with E-state index in [1.165, 1.54) is 60.4 Å². The van der Waals surface area contributed by atoms with E-state index >= 15 is 0 Å². The molecular weight excluding hydrogens is 567 g/mol. The number of nitrogens with zero attached hydrogens (tertiary/aromatic N) is 3. The van der Waals surface area contributed by atoms with Crippen LogP contribution in [0.4, 0.5) is 24.5 Å². The minimum Gasteiger partial charge on any atom is -0.366 e. The van der Waals surface area contributed by atoms with Gasteiger partial charge in [-0.3, -0.25) is 4.90 Å². The second-order valence-corrected chi connectivity index (χ2v) is 15.6. The minimum atomic E-state index is -4.27. The van der Waals surface area contributed by atoms with Crippen LogP contribution in [0.1, 0.15) is 96.6 Å². The van der Waals surface area contributed by atoms with Gasteiger partial charge in [-0.1, -0.05) is 48.5 Å². The molecule has 0 saturated heterocycles. The van der Waals surface area contributed by atoms with Crippen molar-refractivity contribution in [3.05, 3.63) is 94.5 Å². The molecule has 0 aromatic heterocycles. The molecule has 0 atom stereocenters. The molecule has 0 unspecified atom stereocenters. The predicted molar refractivity (Wildman–Crippen MR) is 184 cm³/mol. The van der Waals surface area contributed by atoms with Crippen molar-refractivity contribution in [1.29, 1.82) is 0 Å². The van der Waals surface area contributed by atoms with Gasteiger partial charge < -0.3 is 9.80 Å². The SMILES string of the molecule is CC(C)(C)N1CCCc2ccc(C(F)(F)F)cc21.CC(C)(C)N1CCc2ccccc21.CC(C)(C)N1CCc2ccccc2C1. The molecule has 3 aromatic rings. The van der Waals surface area contributed by atoms with E-state index < -0.39 is 11.7 Å². The molecule has 3 nitrogen and oxygen atoms in total. The Labute approximate surface area is 270 Å². The molecular formula is C39H54F3N3. The average molecular weight is 622 g/mol. The number of aryl methyl sites for hydroxylation is 1. The monoisotopic (exact) mass is 621 g/mol. The quantitative estimate of drug-likeness (QED) is 0.247. The van der Waals surface area contributed by atoms with Gasteiger partial charge in [-0.15, -0.1) is 0 Å². The number of halogens is 3. The highest BCUT2D eigenvalue weighted by atomic mass is 19.4. The Bertz CT molecular complexity index is 1420. The Morgan fingerprint density at radius 2 is 1.04 bits per heavy atom. The second kappa shape index (κ2) is 13.4. The van der Waals surface area contributed by atoms with Gasteiger partial charge in [0.25, 0.3) is 0 Å². The summed E-state index contributed by atoms with van der Waals surface area (Å²) in [6.07, 6.45) is -0.00734. The lowest BCUT2D eigenvalue weighted by molar-refractivity contribution is -0.137. The molecule has 6 heteroatoms. The van der Waals surface area contributed by atoms with E-state index in [0.717, 1.165) is 37.2 Å². The number of hydrogen-bond acceptors (Lipinski definition) is 3. The van der Waals surface area contributed by atoms with E-state index in [9.17, 15) is 13.2 Å². The fourth-order valence-electron chi connectivity index (χ4n) is 6.55. The molecule has 0 spiro atoms. The number of hydrogen-bond donors (Lipinski definition) is 0. The first-order valence-corrected chi connectivity index (χ1v) is 16.5. The Kier molecular flexibility index (Phi) is 10.4. The molecule has 3 aromatic carbocycles. The average Bonchev–Trinajstić information content (AvgIpc) is 3.41. The molecule has 3 aliphatic rings. The van der Waals surface area contributed by atoms with Crippen LogP contribution in [0.5, 0.6) is 0 Å². The smallest absolute Gasteiger partial charge is 0.366 e. The zero-order valence-electron chi connectivity index (χ0n) is 29.0. The van der Waals surface area contributed by atoms with Crippen molar-refractivity contribution in [2.75, 3.05) is 29.4 Å². The van der Waals surface area contributed by atoms with Gasteiger partial charge in [0.05, 0.1) is 5.56 Å². The van der Waals surface area contributed by atoms with Crippen molar-refractivity contribution in [3.8, 4) is 0 Å². The number of benzene rings is 3. The summed E-state index contributed by atoms with van der Waals surface area (Å²) in [5.41, 5.74) is 7.57. The van der Waals surface area contributed by atoms with Crippen LogP contribution in [0.25, 0.3) is 0 Å². The van der Waals surface area contributed by atoms with Crippen molar-refractivity contribution in [2.24, 2.45) is 0 Å². The Morgan fingerprint density at radius 3 is 1.64 bits per heavy atom. The molecule has 6 rings (SSSR count). The molecule has 0 saturated carbocycles. The van der Waals surface area contributed by atoms with Crippen LogP contribution in [-0.4, -0.2) is 41.2 Å². The van der Waals surface area contributed by atoms with E-state index in [0.29, 0.717) is 5.54 Å². The molecule has 3 heterocycles. The second-order valence-electron chi connectivity index (χ2n) is 15.6. The molecule has 0 bridgehead atoms. The van der Waals surface area contributed by atoms with E-state index in [1.54, 1.807) is 6.07 Å². The Balaban J connectivity index is 0.000000156. The fourth-order valence-corrected chi connectivity index (χ4v) is 6.55. The van der Waals surface area contributed by atoms with Gasteiger partial charge >= 0.3 is 6.18 Å². The highest BCUT2D eigenvalue weighted by molar-refractivity contribution is 5.60. The van der Waals surface area contributed by atoms with Gasteiger partial charge in [-0.25, -0.2) is 0 Å². The first-order chi connectivity index (χ1) is 20.9. The summed E-state index contributed by atoms with van der Waals surface area (Å²) >= 11 is 0. The third kappa shape index (κ3) is 8.84. The van der Waals surface area contributed by atoms with Crippen LogP contribution in [0.15, 0.2) is 66.7 Å². The summed E-state index contributed by atoms with van der Waals surface area (Å²) in [6, 6.07) is 21.6. The summed E-state index contributed by atoms with van der Waals surface area (Å²) in [6.45, 7) is 24.1. The highest BCUT2D eigenvalue weighted by Crippen LogP contribution is 2.38. The fraction of sp³-hybridized carbons (Fsp3) is 0.538. The van der Waals surface area contributed by atoms with Crippen LogP contribution < -0.4 is 9.80 Å². The number of para-hydroxylation sites is 1. The highest BCUT2D eigenvalue weighted by Gasteiger charge is 2.34. The lowest BCUT2D eigenvalue weighted by atomic mass is 9.94. The topological polar surface area (TPSA) is 9.72 Å². The zero-order chi connectivity index (χ0) is 33.2. The molecule has 45 heavy (non-hydrogen) atoms. The summed E-state index contributed by atoms with van der Waals surface area (Å²) < 4.78 is 38.3. The Hall–Kier alpha value is -2.99. The van der Waals surface area contributed by atoms with Crippen LogP contribution >= 0.6 is 0 Å². The van der Waals surface area contributed by atoms with Crippen molar-refractivity contribution in [3.63, 3.8) is 0 Å². The van der Waals surface area contributed by atoms with Gasteiger partial charge in [0.1, 0.15) is 0 Å². The number of anilines is 2. The lowest BCUT2D eigenvalue weighted by Crippen LogP contribution is -2.44. The van der Waals surface area contributed by atoms with Crippen molar-refractivity contribution in [2.45, 2.75) is 117 Å². The van der Waals surface area contributed by atoms with Crippen LogP contribution in [0, 0.1) is 0 Å². The van der Waals surface area contributed by atoms with Crippen LogP contribution in [-0.2, 0) is 32.0 Å². The summed E-state index contributed by atoms with van der Waals surface area (Å²) in [5.74, 6) is 0. The van der Waals surface area contributed by atoms with E-state index in [1.807, 2.05) is 20.8 Å². The molecule has 0 aliphatic carbocycles. The van der Waals surface area contributed by atoms with Gasteiger partial charge in [0.2, 0.25) is 0 Å². The van der Waals surface area contributed by atoms with Crippen molar-refractivity contribution < 1.29 is 13.2 Å². The number of rotatable bonds is 0. The first kappa shape index (κ1) is 34.9. The van der Waals surface area contributed by atoms with E-state index in [-0.39, 0.29) is 11.1 Å². The summed E-state index contributed by atoms with van der Waals surface area (Å²) in [5, 5.41) is 0. The third-order valence-corrected chi connectivity index (χ3v) is 9.12. The van der Waals surface area contributed by atoms with Gasteiger partial charge in [0.15, 0.2) is 0 Å². The third-order valence-electron chi connectivity index (χ3n) is 9.12. The van der Waals surface area contributed by atoms with Crippen molar-refractivity contribution in [1.82, 2.24) is 4.90 Å². The summed E-state index contributed by atoms with van der Waals surface area (Å²) in [7, 11) is 0. The molecule has 0 amide bonds. The number of alkyl halides is 3. The van der Waals surface area contributed by atoms with Gasteiger partial charge in [0, 0.05) is 54.2 Å². The largest absolute Gasteiger partial charge is 0.416 e. The van der Waals surface area contributed by atoms with Crippen LogP contribution in [0.3, 0.4) is 0 Å². The van der Waals surface area contributed by atoms with Gasteiger partial charge in [-0.05, 0) is 128 Å². The maximum atomic E-state index is 12.8. The molecule has 246 valence electrons. The van der Waals surface area contributed by atoms with Gasteiger partial charge in [-0.2, -0.15) is 13.2 Å². The normalized spacial score (nSPS) is 16.9. The Morgan fingerprint density at radius 1 is 0.511 bits per heavy atom. The molecule has 0 N–H and O–H groups in total. The summed E-state index contributed by atoms with van der Waals surface area (Å²) in [4.78, 5) is 7.11. The first-order valence-electron chi connectivity index (χ1n) is 16.5. The van der Waals surface area contributed by atoms with E-state index in [2.05, 4.69) is 105 Å². The van der Waals surface area contributed by atoms with Crippen molar-refractivity contribution >= 4 is 11.4 Å². The van der Waals surface area contributed by atoms with Crippen LogP contribution in [0.2, 0.25) is 0 Å². The standard InChI is InChI=1S/C14H18F3N.C13H19N.C12H17N/c1-13(2,3)18-8-4-5-10-6-7-11(9-12(10)18)14(15,16)17;1-13(2,3)14-9-8-11-6-4-5-7-12(11)10-14;1-12(2,3)13-9-8-10-6-4-5-7-11(10)13/h6-7,9H,4-5,8H2,1-3H3;4-7H,8-10H2,1-3H3;4-7H,8-9H2,1-3H3. The molecule has 0 radical (unpaired) electrons.